The van der Waals surface area contributed by atoms with E-state index in [2.05, 4.69) is 19.9 Å². The van der Waals surface area contributed by atoms with Crippen LogP contribution in [0.15, 0.2) is 71.9 Å². The van der Waals surface area contributed by atoms with Crippen molar-refractivity contribution >= 4 is 11.6 Å². The summed E-state index contributed by atoms with van der Waals surface area (Å²) in [5, 5.41) is 10.1. The number of hydrogen-bond acceptors (Lipinski definition) is 7. The molecule has 0 spiro atoms. The van der Waals surface area contributed by atoms with Gasteiger partial charge in [-0.3, -0.25) is 19.3 Å². The van der Waals surface area contributed by atoms with E-state index in [0.29, 0.717) is 34.7 Å². The fourth-order valence-corrected chi connectivity index (χ4v) is 4.76. The molecule has 220 valence electrons. The van der Waals surface area contributed by atoms with Crippen LogP contribution in [0.1, 0.15) is 49.7 Å². The summed E-state index contributed by atoms with van der Waals surface area (Å²) in [5.41, 5.74) is 2.96. The van der Waals surface area contributed by atoms with Crippen LogP contribution in [0.4, 0.5) is 8.78 Å². The lowest BCUT2D eigenvalue weighted by molar-refractivity contribution is 0.0688. The van der Waals surface area contributed by atoms with E-state index < -0.39 is 28.9 Å². The molecule has 43 heavy (non-hydrogen) atoms. The largest absolute Gasteiger partial charge is 0.482 e. The molecule has 1 N–H and O–H groups in total. The number of ether oxygens (including phenoxy) is 1. The number of aliphatic hydroxyl groups is 1. The lowest BCUT2D eigenvalue weighted by Crippen LogP contribution is -2.23. The van der Waals surface area contributed by atoms with Gasteiger partial charge in [0.25, 0.3) is 5.56 Å². The third kappa shape index (κ3) is 6.16. The topological polar surface area (TPSA) is 103 Å². The molecule has 0 aliphatic heterocycles. The Morgan fingerprint density at radius 2 is 1.63 bits per heavy atom. The van der Waals surface area contributed by atoms with Crippen LogP contribution in [0.2, 0.25) is 5.02 Å². The minimum atomic E-state index is -1.17. The van der Waals surface area contributed by atoms with E-state index in [-0.39, 0.29) is 16.5 Å². The maximum atomic E-state index is 14.2. The quantitative estimate of drug-likeness (QED) is 0.222. The standard InChI is InChI=1S/C32H28ClF2N5O3/c1-17-15-37-25(21-8-6-20(7-9-21)24-10-11-36-31(39-24)32(4,5)42)14-26(17)40-18(2)12-27(28(33)30(40)41)43-19(3)29-23(35)13-22(34)16-38-29/h6-16,19,42H,1-5H3. The second-order valence-electron chi connectivity index (χ2n) is 10.6. The molecular weight excluding hydrogens is 576 g/mol. The van der Waals surface area contributed by atoms with Gasteiger partial charge in [0.2, 0.25) is 0 Å². The zero-order valence-corrected chi connectivity index (χ0v) is 24.8. The molecule has 1 atom stereocenters. The summed E-state index contributed by atoms with van der Waals surface area (Å²) in [6.45, 7) is 8.35. The Kier molecular flexibility index (Phi) is 8.09. The van der Waals surface area contributed by atoms with Crippen LogP contribution in [0.5, 0.6) is 5.75 Å². The molecule has 0 fully saturated rings. The number of pyridine rings is 3. The molecule has 0 saturated heterocycles. The van der Waals surface area contributed by atoms with Crippen molar-refractivity contribution in [3.63, 3.8) is 0 Å². The van der Waals surface area contributed by atoms with Crippen LogP contribution in [0.25, 0.3) is 28.2 Å². The van der Waals surface area contributed by atoms with E-state index in [4.69, 9.17) is 16.3 Å². The highest BCUT2D eigenvalue weighted by Gasteiger charge is 2.22. The summed E-state index contributed by atoms with van der Waals surface area (Å²) in [7, 11) is 0. The summed E-state index contributed by atoms with van der Waals surface area (Å²) in [6.07, 6.45) is 3.24. The van der Waals surface area contributed by atoms with Crippen molar-refractivity contribution in [3.8, 4) is 34.0 Å². The first-order valence-corrected chi connectivity index (χ1v) is 13.7. The molecule has 0 aliphatic rings. The van der Waals surface area contributed by atoms with E-state index in [9.17, 15) is 18.7 Å². The first kappa shape index (κ1) is 29.9. The molecule has 5 rings (SSSR count). The number of aromatic nitrogens is 5. The molecular formula is C32H28ClF2N5O3. The van der Waals surface area contributed by atoms with Gasteiger partial charge in [0.1, 0.15) is 34.0 Å². The summed E-state index contributed by atoms with van der Waals surface area (Å²) in [4.78, 5) is 30.5. The fraction of sp³-hybridized carbons (Fsp3) is 0.219. The SMILES string of the molecule is Cc1cnc(-c2ccc(-c3ccnc(C(C)(C)O)n3)cc2)cc1-n1c(C)cc(OC(C)c2ncc(F)cc2F)c(Cl)c1=O. The van der Waals surface area contributed by atoms with Gasteiger partial charge in [-0.05, 0) is 52.3 Å². The first-order valence-electron chi connectivity index (χ1n) is 13.4. The molecule has 1 unspecified atom stereocenters. The van der Waals surface area contributed by atoms with Crippen molar-refractivity contribution in [2.75, 3.05) is 0 Å². The van der Waals surface area contributed by atoms with Crippen molar-refractivity contribution in [1.82, 2.24) is 24.5 Å². The van der Waals surface area contributed by atoms with Gasteiger partial charge in [0.15, 0.2) is 11.6 Å². The highest BCUT2D eigenvalue weighted by Crippen LogP contribution is 2.31. The number of hydrogen-bond donors (Lipinski definition) is 1. The molecule has 4 heterocycles. The third-order valence-electron chi connectivity index (χ3n) is 6.82. The van der Waals surface area contributed by atoms with E-state index in [0.717, 1.165) is 22.9 Å². The molecule has 0 saturated carbocycles. The monoisotopic (exact) mass is 603 g/mol. The average molecular weight is 604 g/mol. The van der Waals surface area contributed by atoms with Crippen molar-refractivity contribution in [3.05, 3.63) is 117 Å². The fourth-order valence-electron chi connectivity index (χ4n) is 4.57. The number of rotatable bonds is 7. The van der Waals surface area contributed by atoms with Gasteiger partial charge in [0.05, 0.1) is 23.3 Å². The van der Waals surface area contributed by atoms with Gasteiger partial charge < -0.3 is 9.84 Å². The predicted molar refractivity (Wildman–Crippen MR) is 159 cm³/mol. The number of halogens is 3. The number of aryl methyl sites for hydroxylation is 2. The normalized spacial score (nSPS) is 12.3. The minimum absolute atomic E-state index is 0.0541. The van der Waals surface area contributed by atoms with Crippen molar-refractivity contribution < 1.29 is 18.6 Å². The van der Waals surface area contributed by atoms with Crippen LogP contribution in [-0.2, 0) is 5.60 Å². The number of nitrogens with zero attached hydrogens (tertiary/aromatic N) is 5. The van der Waals surface area contributed by atoms with Crippen molar-refractivity contribution in [1.29, 1.82) is 0 Å². The molecule has 0 amide bonds. The Balaban J connectivity index is 1.46. The Labute approximate surface area is 251 Å². The minimum Gasteiger partial charge on any atom is -0.482 e. The molecule has 11 heteroatoms. The average Bonchev–Trinajstić information content (AvgIpc) is 2.96. The summed E-state index contributed by atoms with van der Waals surface area (Å²) in [6, 6.07) is 13.5. The summed E-state index contributed by atoms with van der Waals surface area (Å²) in [5.74, 6) is -1.29. The molecule has 5 aromatic rings. The Bertz CT molecular complexity index is 1890. The molecule has 4 aromatic heterocycles. The highest BCUT2D eigenvalue weighted by molar-refractivity contribution is 6.31. The third-order valence-corrected chi connectivity index (χ3v) is 7.17. The zero-order chi connectivity index (χ0) is 31.1. The van der Waals surface area contributed by atoms with E-state index in [1.807, 2.05) is 31.2 Å². The maximum absolute atomic E-state index is 14.2. The highest BCUT2D eigenvalue weighted by atomic mass is 35.5. The molecule has 0 radical (unpaired) electrons. The van der Waals surface area contributed by atoms with Gasteiger partial charge >= 0.3 is 0 Å². The number of benzene rings is 1. The van der Waals surface area contributed by atoms with Crippen LogP contribution >= 0.6 is 11.6 Å². The van der Waals surface area contributed by atoms with Gasteiger partial charge in [-0.15, -0.1) is 0 Å². The second kappa shape index (κ2) is 11.6. The van der Waals surface area contributed by atoms with Crippen LogP contribution in [0.3, 0.4) is 0 Å². The van der Waals surface area contributed by atoms with Gasteiger partial charge in [0, 0.05) is 41.3 Å². The molecule has 0 aliphatic carbocycles. The van der Waals surface area contributed by atoms with Crippen molar-refractivity contribution in [2.24, 2.45) is 0 Å². The summed E-state index contributed by atoms with van der Waals surface area (Å²) < 4.78 is 34.8. The smallest absolute Gasteiger partial charge is 0.277 e. The van der Waals surface area contributed by atoms with Crippen molar-refractivity contribution in [2.45, 2.75) is 46.3 Å². The molecule has 8 nitrogen and oxygen atoms in total. The van der Waals surface area contributed by atoms with Crippen LogP contribution in [0, 0.1) is 25.5 Å². The van der Waals surface area contributed by atoms with Crippen LogP contribution in [-0.4, -0.2) is 29.6 Å². The van der Waals surface area contributed by atoms with E-state index in [1.54, 1.807) is 51.4 Å². The Hall–Kier alpha value is -4.54. The van der Waals surface area contributed by atoms with E-state index >= 15 is 0 Å². The Morgan fingerprint density at radius 3 is 2.28 bits per heavy atom. The van der Waals surface area contributed by atoms with Gasteiger partial charge in [-0.25, -0.2) is 18.7 Å². The van der Waals surface area contributed by atoms with Crippen LogP contribution < -0.4 is 10.3 Å². The maximum Gasteiger partial charge on any atom is 0.277 e. The lowest BCUT2D eigenvalue weighted by atomic mass is 10.0. The second-order valence-corrected chi connectivity index (χ2v) is 11.0. The molecule has 0 bridgehead atoms. The predicted octanol–water partition coefficient (Wildman–Crippen LogP) is 6.67. The molecule has 1 aromatic carbocycles. The summed E-state index contributed by atoms with van der Waals surface area (Å²) >= 11 is 6.47. The lowest BCUT2D eigenvalue weighted by Gasteiger charge is -2.19. The van der Waals surface area contributed by atoms with Gasteiger partial charge in [-0.2, -0.15) is 0 Å². The Morgan fingerprint density at radius 1 is 0.953 bits per heavy atom. The van der Waals surface area contributed by atoms with Gasteiger partial charge in [-0.1, -0.05) is 35.9 Å². The van der Waals surface area contributed by atoms with E-state index in [1.165, 1.54) is 11.5 Å². The zero-order valence-electron chi connectivity index (χ0n) is 24.1. The first-order chi connectivity index (χ1) is 20.3.